The van der Waals surface area contributed by atoms with Gasteiger partial charge < -0.3 is 10.3 Å². The van der Waals surface area contributed by atoms with Crippen molar-refractivity contribution in [3.8, 4) is 11.3 Å². The molecule has 0 unspecified atom stereocenters. The number of pyridine rings is 1. The van der Waals surface area contributed by atoms with Crippen molar-refractivity contribution in [2.45, 2.75) is 44.7 Å². The van der Waals surface area contributed by atoms with Crippen LogP contribution in [-0.2, 0) is 6.18 Å². The Kier molecular flexibility index (Phi) is 4.77. The number of piperidine rings is 1. The number of alkyl halides is 3. The van der Waals surface area contributed by atoms with Crippen LogP contribution in [0.3, 0.4) is 0 Å². The van der Waals surface area contributed by atoms with Crippen LogP contribution in [0.4, 0.5) is 13.2 Å². The van der Waals surface area contributed by atoms with E-state index in [0.29, 0.717) is 29.6 Å². The summed E-state index contributed by atoms with van der Waals surface area (Å²) < 4.78 is 42.1. The first-order valence-electron chi connectivity index (χ1n) is 10.6. The Morgan fingerprint density at radius 3 is 2.58 bits per heavy atom. The van der Waals surface area contributed by atoms with E-state index in [1.165, 1.54) is 6.07 Å². The maximum Gasteiger partial charge on any atom is 0.416 e. The molecule has 0 bridgehead atoms. The van der Waals surface area contributed by atoms with Crippen molar-refractivity contribution >= 4 is 21.9 Å². The lowest BCUT2D eigenvalue weighted by molar-refractivity contribution is -0.138. The maximum atomic E-state index is 14.0. The number of H-pyrrole nitrogens is 2. The number of nitrogens with one attached hydrogen (secondary N) is 3. The minimum atomic E-state index is -4.40. The van der Waals surface area contributed by atoms with Crippen LogP contribution >= 0.6 is 0 Å². The van der Waals surface area contributed by atoms with Gasteiger partial charge in [-0.3, -0.25) is 5.10 Å². The Morgan fingerprint density at radius 2 is 1.87 bits per heavy atom. The molecule has 1 aliphatic rings. The van der Waals surface area contributed by atoms with Gasteiger partial charge in [0.2, 0.25) is 0 Å². The van der Waals surface area contributed by atoms with Crippen LogP contribution in [-0.4, -0.2) is 33.3 Å². The second-order valence-corrected chi connectivity index (χ2v) is 8.57. The summed E-state index contributed by atoms with van der Waals surface area (Å²) in [7, 11) is 0. The lowest BCUT2D eigenvalue weighted by Crippen LogP contribution is -2.27. The molecule has 0 spiro atoms. The molecule has 1 aromatic carbocycles. The molecule has 0 saturated carbocycles. The first-order valence-corrected chi connectivity index (χ1v) is 10.6. The highest BCUT2D eigenvalue weighted by atomic mass is 19.4. The lowest BCUT2D eigenvalue weighted by Gasteiger charge is -2.26. The predicted molar refractivity (Wildman–Crippen MR) is 115 cm³/mol. The van der Waals surface area contributed by atoms with E-state index < -0.39 is 11.7 Å². The summed E-state index contributed by atoms with van der Waals surface area (Å²) in [5.74, 6) is 0.0265. The minimum Gasteiger partial charge on any atom is -0.354 e. The highest BCUT2D eigenvalue weighted by molar-refractivity contribution is 5.99. The molecule has 1 fully saturated rings. The summed E-state index contributed by atoms with van der Waals surface area (Å²) in [6.45, 7) is 5.62. The molecule has 5 rings (SSSR count). The Labute approximate surface area is 177 Å². The number of aromatic amines is 2. The molecule has 0 atom stereocenters. The van der Waals surface area contributed by atoms with E-state index in [9.17, 15) is 13.2 Å². The summed E-state index contributed by atoms with van der Waals surface area (Å²) >= 11 is 0. The quantitative estimate of drug-likeness (QED) is 0.392. The Morgan fingerprint density at radius 1 is 1.10 bits per heavy atom. The summed E-state index contributed by atoms with van der Waals surface area (Å²) in [5, 5.41) is 11.9. The van der Waals surface area contributed by atoms with E-state index >= 15 is 0 Å². The molecule has 0 amide bonds. The summed E-state index contributed by atoms with van der Waals surface area (Å²) in [6, 6.07) is 4.97. The number of hydrogen-bond donors (Lipinski definition) is 3. The molecule has 4 aromatic rings. The van der Waals surface area contributed by atoms with Crippen molar-refractivity contribution in [2.75, 3.05) is 13.1 Å². The van der Waals surface area contributed by atoms with Crippen LogP contribution in [0.5, 0.6) is 0 Å². The van der Waals surface area contributed by atoms with Gasteiger partial charge in [0, 0.05) is 28.0 Å². The van der Waals surface area contributed by atoms with Crippen molar-refractivity contribution in [1.82, 2.24) is 25.5 Å². The monoisotopic (exact) mass is 427 g/mol. The Hall–Kier alpha value is -2.87. The average Bonchev–Trinajstić information content (AvgIpc) is 3.36. The molecular formula is C23H24F3N5. The number of fused-ring (bicyclic) bond motifs is 2. The molecule has 8 heteroatoms. The summed E-state index contributed by atoms with van der Waals surface area (Å²) in [5.41, 5.74) is 3.78. The fraction of sp³-hybridized carbons (Fsp3) is 0.391. The fourth-order valence-electron chi connectivity index (χ4n) is 4.88. The number of halogens is 3. The summed E-state index contributed by atoms with van der Waals surface area (Å²) in [6.07, 6.45) is 0.417. The normalized spacial score (nSPS) is 16.1. The van der Waals surface area contributed by atoms with Crippen LogP contribution in [0.2, 0.25) is 0 Å². The Bertz CT molecular complexity index is 1250. The van der Waals surface area contributed by atoms with E-state index in [2.05, 4.69) is 39.3 Å². The van der Waals surface area contributed by atoms with E-state index in [-0.39, 0.29) is 11.8 Å². The van der Waals surface area contributed by atoms with Gasteiger partial charge >= 0.3 is 6.18 Å². The zero-order chi connectivity index (χ0) is 21.8. The number of aromatic nitrogens is 4. The molecular weight excluding hydrogens is 403 g/mol. The highest BCUT2D eigenvalue weighted by Crippen LogP contribution is 2.44. The zero-order valence-electron chi connectivity index (χ0n) is 17.4. The number of hydrogen-bond acceptors (Lipinski definition) is 3. The first-order chi connectivity index (χ1) is 14.8. The van der Waals surface area contributed by atoms with Gasteiger partial charge in [0.15, 0.2) is 5.65 Å². The van der Waals surface area contributed by atoms with E-state index in [0.717, 1.165) is 40.7 Å². The predicted octanol–water partition coefficient (Wildman–Crippen LogP) is 5.72. The molecule has 0 radical (unpaired) electrons. The second kappa shape index (κ2) is 7.37. The second-order valence-electron chi connectivity index (χ2n) is 8.57. The van der Waals surface area contributed by atoms with Gasteiger partial charge in [-0.05, 0) is 67.1 Å². The largest absolute Gasteiger partial charge is 0.416 e. The minimum absolute atomic E-state index is 0.0952. The van der Waals surface area contributed by atoms with Crippen molar-refractivity contribution in [2.24, 2.45) is 0 Å². The smallest absolute Gasteiger partial charge is 0.354 e. The maximum absolute atomic E-state index is 14.0. The molecule has 5 nitrogen and oxygen atoms in total. The van der Waals surface area contributed by atoms with Crippen molar-refractivity contribution in [3.05, 3.63) is 47.3 Å². The molecule has 4 heterocycles. The molecule has 0 aliphatic carbocycles. The molecule has 3 N–H and O–H groups in total. The van der Waals surface area contributed by atoms with Crippen LogP contribution in [0.15, 0.2) is 30.6 Å². The van der Waals surface area contributed by atoms with E-state index in [1.54, 1.807) is 18.5 Å². The van der Waals surface area contributed by atoms with Gasteiger partial charge in [0.05, 0.1) is 17.5 Å². The molecule has 1 saturated heterocycles. The summed E-state index contributed by atoms with van der Waals surface area (Å²) in [4.78, 5) is 7.60. The lowest BCUT2D eigenvalue weighted by atomic mass is 9.85. The van der Waals surface area contributed by atoms with Crippen molar-refractivity contribution < 1.29 is 13.2 Å². The van der Waals surface area contributed by atoms with Gasteiger partial charge in [-0.25, -0.2) is 4.98 Å². The van der Waals surface area contributed by atoms with Crippen LogP contribution in [0.1, 0.15) is 55.2 Å². The molecule has 31 heavy (non-hydrogen) atoms. The van der Waals surface area contributed by atoms with Gasteiger partial charge in [-0.1, -0.05) is 13.8 Å². The van der Waals surface area contributed by atoms with E-state index in [1.807, 2.05) is 6.07 Å². The topological polar surface area (TPSA) is 69.4 Å². The molecule has 162 valence electrons. The third kappa shape index (κ3) is 3.39. The number of nitrogens with zero attached hydrogens (tertiary/aromatic N) is 2. The van der Waals surface area contributed by atoms with E-state index in [4.69, 9.17) is 0 Å². The van der Waals surface area contributed by atoms with Crippen molar-refractivity contribution in [3.63, 3.8) is 0 Å². The third-order valence-corrected chi connectivity index (χ3v) is 6.29. The number of rotatable bonds is 3. The number of benzene rings is 1. The van der Waals surface area contributed by atoms with Crippen molar-refractivity contribution in [1.29, 1.82) is 0 Å². The molecule has 1 aliphatic heterocycles. The third-order valence-electron chi connectivity index (χ3n) is 6.29. The average molecular weight is 427 g/mol. The fourth-order valence-corrected chi connectivity index (χ4v) is 4.88. The Balaban J connectivity index is 1.79. The van der Waals surface area contributed by atoms with Gasteiger partial charge in [0.25, 0.3) is 0 Å². The first kappa shape index (κ1) is 20.1. The van der Waals surface area contributed by atoms with Gasteiger partial charge in [0.1, 0.15) is 0 Å². The molecule has 3 aromatic heterocycles. The van der Waals surface area contributed by atoms with Crippen LogP contribution in [0, 0.1) is 0 Å². The SMILES string of the molecule is CC(C)c1c(-c2ccnc3[nH]ncc23)[nH]c2cc(C(F)(F)F)c(C3CCNCC3)cc12. The van der Waals surface area contributed by atoms with Crippen LogP contribution < -0.4 is 5.32 Å². The zero-order valence-corrected chi connectivity index (χ0v) is 17.4. The highest BCUT2D eigenvalue weighted by Gasteiger charge is 2.36. The van der Waals surface area contributed by atoms with Gasteiger partial charge in [-0.2, -0.15) is 18.3 Å². The van der Waals surface area contributed by atoms with Gasteiger partial charge in [-0.15, -0.1) is 0 Å². The standard InChI is InChI=1S/C23H24F3N5/c1-12(2)20-16-9-15(13-3-6-27-7-4-13)18(23(24,25)26)10-19(16)30-21(20)14-5-8-28-22-17(14)11-29-31-22/h5,8-13,27,30H,3-4,6-7H2,1-2H3,(H,28,29,31). The van der Waals surface area contributed by atoms with Crippen LogP contribution in [0.25, 0.3) is 33.2 Å².